The summed E-state index contributed by atoms with van der Waals surface area (Å²) in [7, 11) is 0. The van der Waals surface area contributed by atoms with Gasteiger partial charge in [0.2, 0.25) is 0 Å². The number of benzene rings is 1. The lowest BCUT2D eigenvalue weighted by atomic mass is 10.1. The van der Waals surface area contributed by atoms with Crippen molar-refractivity contribution >= 4 is 22.8 Å². The summed E-state index contributed by atoms with van der Waals surface area (Å²) in [6.07, 6.45) is 1.68. The zero-order valence-electron chi connectivity index (χ0n) is 14.1. The molecule has 0 spiro atoms. The molecule has 5 nitrogen and oxygen atoms in total. The van der Waals surface area contributed by atoms with Crippen LogP contribution in [0.15, 0.2) is 36.4 Å². The predicted octanol–water partition coefficient (Wildman–Crippen LogP) is 3.71. The number of fused-ring (bicyclic) bond motifs is 1. The number of hydrogen-bond donors (Lipinski definition) is 1. The Labute approximate surface area is 141 Å². The number of rotatable bonds is 4. The minimum atomic E-state index is -0.200. The summed E-state index contributed by atoms with van der Waals surface area (Å²) in [5.41, 5.74) is 4.97. The van der Waals surface area contributed by atoms with Gasteiger partial charge in [-0.25, -0.2) is 15.0 Å². The first kappa shape index (κ1) is 16.1. The molecular weight excluding hydrogens is 300 g/mol. The SMILES string of the molecule is CCc1nc2ccc(C(=O)Nc3cccc(C)n3)cc2nc1CC. The van der Waals surface area contributed by atoms with Crippen LogP contribution in [-0.4, -0.2) is 20.9 Å². The Balaban J connectivity index is 1.93. The molecule has 0 fully saturated rings. The molecule has 0 aliphatic heterocycles. The molecule has 3 aromatic rings. The van der Waals surface area contributed by atoms with Gasteiger partial charge in [-0.2, -0.15) is 0 Å². The van der Waals surface area contributed by atoms with E-state index < -0.39 is 0 Å². The lowest BCUT2D eigenvalue weighted by Crippen LogP contribution is -2.13. The maximum atomic E-state index is 12.4. The fourth-order valence-electron chi connectivity index (χ4n) is 2.64. The molecule has 122 valence electrons. The molecule has 1 amide bonds. The van der Waals surface area contributed by atoms with Crippen LogP contribution in [0.4, 0.5) is 5.82 Å². The van der Waals surface area contributed by atoms with Gasteiger partial charge in [-0.3, -0.25) is 4.79 Å². The number of amides is 1. The van der Waals surface area contributed by atoms with Crippen LogP contribution < -0.4 is 5.32 Å². The zero-order chi connectivity index (χ0) is 17.1. The van der Waals surface area contributed by atoms with E-state index in [9.17, 15) is 4.79 Å². The van der Waals surface area contributed by atoms with Gasteiger partial charge in [0.05, 0.1) is 22.4 Å². The number of hydrogen-bond acceptors (Lipinski definition) is 4. The second-order valence-corrected chi connectivity index (χ2v) is 5.65. The van der Waals surface area contributed by atoms with Crippen LogP contribution in [0, 0.1) is 6.92 Å². The number of carbonyl (C=O) groups is 1. The molecule has 1 aromatic carbocycles. The summed E-state index contributed by atoms with van der Waals surface area (Å²) in [5, 5.41) is 2.82. The second-order valence-electron chi connectivity index (χ2n) is 5.65. The quantitative estimate of drug-likeness (QED) is 0.795. The highest BCUT2D eigenvalue weighted by molar-refractivity contribution is 6.05. The van der Waals surface area contributed by atoms with Gasteiger partial charge in [0.25, 0.3) is 5.91 Å². The van der Waals surface area contributed by atoms with E-state index in [2.05, 4.69) is 34.1 Å². The standard InChI is InChI=1S/C19H20N4O/c1-4-14-15(5-2)22-17-11-13(9-10-16(17)21-14)19(24)23-18-8-6-7-12(3)20-18/h6-11H,4-5H2,1-3H3,(H,20,23,24). The van der Waals surface area contributed by atoms with E-state index in [-0.39, 0.29) is 5.91 Å². The first-order valence-electron chi connectivity index (χ1n) is 8.15. The maximum Gasteiger partial charge on any atom is 0.256 e. The highest BCUT2D eigenvalue weighted by Gasteiger charge is 2.11. The van der Waals surface area contributed by atoms with Crippen molar-refractivity contribution in [3.8, 4) is 0 Å². The van der Waals surface area contributed by atoms with Crippen molar-refractivity contribution in [2.75, 3.05) is 5.32 Å². The fourth-order valence-corrected chi connectivity index (χ4v) is 2.64. The van der Waals surface area contributed by atoms with E-state index >= 15 is 0 Å². The van der Waals surface area contributed by atoms with Gasteiger partial charge >= 0.3 is 0 Å². The molecule has 3 rings (SSSR count). The van der Waals surface area contributed by atoms with E-state index in [1.807, 2.05) is 25.1 Å². The Hall–Kier alpha value is -2.82. The molecule has 0 bridgehead atoms. The number of pyridine rings is 1. The minimum Gasteiger partial charge on any atom is -0.307 e. The monoisotopic (exact) mass is 320 g/mol. The van der Waals surface area contributed by atoms with Gasteiger partial charge in [-0.1, -0.05) is 19.9 Å². The van der Waals surface area contributed by atoms with Crippen molar-refractivity contribution in [2.24, 2.45) is 0 Å². The Morgan fingerprint density at radius 2 is 1.67 bits per heavy atom. The van der Waals surface area contributed by atoms with Crippen molar-refractivity contribution < 1.29 is 4.79 Å². The van der Waals surface area contributed by atoms with Gasteiger partial charge in [-0.15, -0.1) is 0 Å². The van der Waals surface area contributed by atoms with Crippen LogP contribution in [0.3, 0.4) is 0 Å². The highest BCUT2D eigenvalue weighted by atomic mass is 16.1. The van der Waals surface area contributed by atoms with Gasteiger partial charge in [0.1, 0.15) is 5.82 Å². The summed E-state index contributed by atoms with van der Waals surface area (Å²) >= 11 is 0. The molecule has 0 aliphatic carbocycles. The molecule has 2 aromatic heterocycles. The van der Waals surface area contributed by atoms with Gasteiger partial charge in [-0.05, 0) is 50.1 Å². The molecule has 0 radical (unpaired) electrons. The third kappa shape index (κ3) is 3.25. The van der Waals surface area contributed by atoms with Gasteiger partial charge in [0.15, 0.2) is 0 Å². The Bertz CT molecular complexity index is 905. The molecule has 0 saturated heterocycles. The molecule has 24 heavy (non-hydrogen) atoms. The molecule has 0 aliphatic rings. The van der Waals surface area contributed by atoms with E-state index in [0.29, 0.717) is 11.4 Å². The second kappa shape index (κ2) is 6.74. The Morgan fingerprint density at radius 3 is 2.33 bits per heavy atom. The Kier molecular flexibility index (Phi) is 4.51. The van der Waals surface area contributed by atoms with E-state index in [4.69, 9.17) is 0 Å². The molecule has 0 atom stereocenters. The van der Waals surface area contributed by atoms with Crippen LogP contribution in [0.5, 0.6) is 0 Å². The van der Waals surface area contributed by atoms with E-state index in [1.54, 1.807) is 18.2 Å². The lowest BCUT2D eigenvalue weighted by molar-refractivity contribution is 0.102. The summed E-state index contributed by atoms with van der Waals surface area (Å²) in [4.78, 5) is 26.1. The zero-order valence-corrected chi connectivity index (χ0v) is 14.1. The van der Waals surface area contributed by atoms with Crippen molar-refractivity contribution in [3.05, 3.63) is 59.0 Å². The molecule has 1 N–H and O–H groups in total. The predicted molar refractivity (Wildman–Crippen MR) is 95.2 cm³/mol. The first-order chi connectivity index (χ1) is 11.6. The average Bonchev–Trinajstić information content (AvgIpc) is 2.59. The molecule has 2 heterocycles. The fraction of sp³-hybridized carbons (Fsp3) is 0.263. The summed E-state index contributed by atoms with van der Waals surface area (Å²) in [6.45, 7) is 6.03. The summed E-state index contributed by atoms with van der Waals surface area (Å²) < 4.78 is 0. The maximum absolute atomic E-state index is 12.4. The first-order valence-corrected chi connectivity index (χ1v) is 8.15. The molecular formula is C19H20N4O. The highest BCUT2D eigenvalue weighted by Crippen LogP contribution is 2.17. The van der Waals surface area contributed by atoms with Crippen molar-refractivity contribution in [1.29, 1.82) is 0 Å². The van der Waals surface area contributed by atoms with Gasteiger partial charge in [0, 0.05) is 11.3 Å². The number of nitrogens with one attached hydrogen (secondary N) is 1. The molecule has 5 heteroatoms. The van der Waals surface area contributed by atoms with E-state index in [0.717, 1.165) is 41.0 Å². The smallest absolute Gasteiger partial charge is 0.256 e. The topological polar surface area (TPSA) is 67.8 Å². The summed E-state index contributed by atoms with van der Waals surface area (Å²) in [6, 6.07) is 10.9. The summed E-state index contributed by atoms with van der Waals surface area (Å²) in [5.74, 6) is 0.344. The largest absolute Gasteiger partial charge is 0.307 e. The minimum absolute atomic E-state index is 0.200. The van der Waals surface area contributed by atoms with Crippen LogP contribution >= 0.6 is 0 Å². The third-order valence-electron chi connectivity index (χ3n) is 3.88. The van der Waals surface area contributed by atoms with Crippen molar-refractivity contribution in [3.63, 3.8) is 0 Å². The van der Waals surface area contributed by atoms with Crippen LogP contribution in [0.2, 0.25) is 0 Å². The van der Waals surface area contributed by atoms with Crippen LogP contribution in [0.25, 0.3) is 11.0 Å². The Morgan fingerprint density at radius 1 is 0.958 bits per heavy atom. The number of carbonyl (C=O) groups excluding carboxylic acids is 1. The van der Waals surface area contributed by atoms with Crippen LogP contribution in [0.1, 0.15) is 41.3 Å². The van der Waals surface area contributed by atoms with Gasteiger partial charge < -0.3 is 5.32 Å². The number of aromatic nitrogens is 3. The van der Waals surface area contributed by atoms with E-state index in [1.165, 1.54) is 0 Å². The number of nitrogens with zero attached hydrogens (tertiary/aromatic N) is 3. The number of aryl methyl sites for hydroxylation is 3. The van der Waals surface area contributed by atoms with Crippen molar-refractivity contribution in [1.82, 2.24) is 15.0 Å². The number of anilines is 1. The lowest BCUT2D eigenvalue weighted by Gasteiger charge is -2.08. The van der Waals surface area contributed by atoms with Crippen molar-refractivity contribution in [2.45, 2.75) is 33.6 Å². The van der Waals surface area contributed by atoms with Crippen LogP contribution in [-0.2, 0) is 12.8 Å². The normalized spacial score (nSPS) is 10.8. The average molecular weight is 320 g/mol. The molecule has 0 unspecified atom stereocenters. The third-order valence-corrected chi connectivity index (χ3v) is 3.88. The molecule has 0 saturated carbocycles.